The molecular weight excluding hydrogens is 186 g/mol. The van der Waals surface area contributed by atoms with E-state index >= 15 is 0 Å². The highest BCUT2D eigenvalue weighted by molar-refractivity contribution is 5.72. The summed E-state index contributed by atoms with van der Waals surface area (Å²) in [5, 5.41) is 11.8. The predicted molar refractivity (Wildman–Crippen MR) is 51.2 cm³/mol. The van der Waals surface area contributed by atoms with E-state index in [4.69, 9.17) is 22.1 Å². The molecule has 7 heteroatoms. The molecule has 1 unspecified atom stereocenters. The Bertz CT molecular complexity index is 246. The molecule has 0 aromatic carbocycles. The first-order chi connectivity index (χ1) is 6.39. The monoisotopic (exact) mass is 201 g/mol. The van der Waals surface area contributed by atoms with Crippen LogP contribution in [0.15, 0.2) is 5.11 Å². The maximum Gasteiger partial charge on any atom is 0.320 e. The molecule has 80 valence electrons. The molecule has 0 saturated carbocycles. The van der Waals surface area contributed by atoms with Crippen molar-refractivity contribution in [1.29, 1.82) is 0 Å². The quantitative estimate of drug-likeness (QED) is 0.328. The molecule has 2 atom stereocenters. The van der Waals surface area contributed by atoms with Gasteiger partial charge in [0.1, 0.15) is 6.04 Å². The number of hydrogen-bond acceptors (Lipinski definition) is 4. The maximum absolute atomic E-state index is 10.3. The summed E-state index contributed by atoms with van der Waals surface area (Å²) in [7, 11) is 0. The van der Waals surface area contributed by atoms with Crippen LogP contribution in [0.4, 0.5) is 0 Å². The van der Waals surface area contributed by atoms with Crippen LogP contribution in [0.2, 0.25) is 0 Å². The molecule has 0 aromatic heterocycles. The van der Waals surface area contributed by atoms with Gasteiger partial charge in [-0.15, -0.1) is 0 Å². The minimum atomic E-state index is -1.03. The number of aliphatic carboxylic acids is 1. The van der Waals surface area contributed by atoms with Gasteiger partial charge < -0.3 is 16.6 Å². The fourth-order valence-corrected chi connectivity index (χ4v) is 0.956. The van der Waals surface area contributed by atoms with Crippen molar-refractivity contribution in [3.63, 3.8) is 0 Å². The van der Waals surface area contributed by atoms with Crippen molar-refractivity contribution in [2.45, 2.75) is 37.9 Å². The topological polar surface area (TPSA) is 138 Å². The average molecular weight is 201 g/mol. The van der Waals surface area contributed by atoms with Gasteiger partial charge in [-0.05, 0) is 31.7 Å². The zero-order valence-corrected chi connectivity index (χ0v) is 8.05. The molecule has 14 heavy (non-hydrogen) atoms. The average Bonchev–Trinajstić information content (AvgIpc) is 2.03. The van der Waals surface area contributed by atoms with E-state index in [1.54, 1.807) is 6.92 Å². The number of carbonyl (C=O) groups is 1. The van der Waals surface area contributed by atoms with Gasteiger partial charge in [0.05, 0.1) is 5.66 Å². The van der Waals surface area contributed by atoms with Gasteiger partial charge in [-0.25, -0.2) is 0 Å². The lowest BCUT2D eigenvalue weighted by molar-refractivity contribution is -0.138. The summed E-state index contributed by atoms with van der Waals surface area (Å²) < 4.78 is 0. The van der Waals surface area contributed by atoms with Gasteiger partial charge >= 0.3 is 5.97 Å². The Kier molecular flexibility index (Phi) is 4.93. The first-order valence-electron chi connectivity index (χ1n) is 4.22. The van der Waals surface area contributed by atoms with Crippen molar-refractivity contribution < 1.29 is 9.90 Å². The van der Waals surface area contributed by atoms with Crippen LogP contribution in [0, 0.1) is 0 Å². The summed E-state index contributed by atoms with van der Waals surface area (Å²) in [5.74, 6) is -1.03. The van der Waals surface area contributed by atoms with Gasteiger partial charge in [0.15, 0.2) is 0 Å². The normalized spacial score (nSPS) is 16.5. The molecule has 0 aliphatic heterocycles. The Hall–Kier alpha value is -1.30. The fraction of sp³-hybridized carbons (Fsp3) is 0.857. The second kappa shape index (κ2) is 5.43. The molecule has 0 rings (SSSR count). The van der Waals surface area contributed by atoms with E-state index in [0.717, 1.165) is 0 Å². The Morgan fingerprint density at radius 3 is 2.79 bits per heavy atom. The molecule has 0 heterocycles. The largest absolute Gasteiger partial charge is 0.480 e. The van der Waals surface area contributed by atoms with Crippen molar-refractivity contribution in [2.24, 2.45) is 16.6 Å². The lowest BCUT2D eigenvalue weighted by Crippen LogP contribution is -2.35. The first-order valence-corrected chi connectivity index (χ1v) is 4.22. The van der Waals surface area contributed by atoms with E-state index in [9.17, 15) is 4.79 Å². The number of nitrogens with two attached hydrogens (primary N) is 2. The standard InChI is InChI=1S/C7H15N5O2/c1-7(9,11-12-10)4-2-3-5(8)6(13)14/h5H,2-4,8-9H2,1H3,(H,13,14)/t5-,7?/m0/s1. The molecule has 0 spiro atoms. The third-order valence-electron chi connectivity index (χ3n) is 1.79. The molecule has 0 aliphatic carbocycles. The number of azide groups is 1. The van der Waals surface area contributed by atoms with Crippen LogP contribution in [0.5, 0.6) is 0 Å². The summed E-state index contributed by atoms with van der Waals surface area (Å²) >= 11 is 0. The van der Waals surface area contributed by atoms with Crippen molar-refractivity contribution in [1.82, 2.24) is 0 Å². The van der Waals surface area contributed by atoms with Crippen LogP contribution in [-0.2, 0) is 4.79 Å². The molecule has 0 aromatic rings. The molecule has 0 aliphatic rings. The van der Waals surface area contributed by atoms with Gasteiger partial charge in [0.2, 0.25) is 0 Å². The van der Waals surface area contributed by atoms with Crippen molar-refractivity contribution in [2.75, 3.05) is 0 Å². The van der Waals surface area contributed by atoms with Crippen LogP contribution < -0.4 is 11.5 Å². The Morgan fingerprint density at radius 2 is 2.36 bits per heavy atom. The number of carboxylic acids is 1. The minimum absolute atomic E-state index is 0.322. The molecule has 0 amide bonds. The smallest absolute Gasteiger partial charge is 0.320 e. The molecule has 5 N–H and O–H groups in total. The van der Waals surface area contributed by atoms with Crippen LogP contribution in [0.25, 0.3) is 10.4 Å². The fourth-order valence-electron chi connectivity index (χ4n) is 0.956. The van der Waals surface area contributed by atoms with Crippen LogP contribution in [0.1, 0.15) is 26.2 Å². The van der Waals surface area contributed by atoms with Crippen molar-refractivity contribution in [3.8, 4) is 0 Å². The second-order valence-corrected chi connectivity index (χ2v) is 3.38. The van der Waals surface area contributed by atoms with E-state index in [2.05, 4.69) is 10.0 Å². The zero-order chi connectivity index (χ0) is 11.2. The SMILES string of the molecule is CC(N)(CCC[C@H](N)C(=O)O)N=[N+]=[N-]. The summed E-state index contributed by atoms with van der Waals surface area (Å²) in [6, 6.07) is -0.878. The van der Waals surface area contributed by atoms with Gasteiger partial charge in [0.25, 0.3) is 0 Å². The highest BCUT2D eigenvalue weighted by atomic mass is 16.4. The van der Waals surface area contributed by atoms with Crippen molar-refractivity contribution >= 4 is 5.97 Å². The Morgan fingerprint density at radius 1 is 1.79 bits per heavy atom. The Balaban J connectivity index is 3.84. The van der Waals surface area contributed by atoms with E-state index in [1.807, 2.05) is 0 Å². The van der Waals surface area contributed by atoms with Gasteiger partial charge in [-0.3, -0.25) is 4.79 Å². The number of rotatable bonds is 6. The predicted octanol–water partition coefficient (Wildman–Crippen LogP) is 0.554. The van der Waals surface area contributed by atoms with E-state index < -0.39 is 17.7 Å². The van der Waals surface area contributed by atoms with Crippen molar-refractivity contribution in [3.05, 3.63) is 10.4 Å². The lowest BCUT2D eigenvalue weighted by atomic mass is 10.0. The number of hydrogen-bond donors (Lipinski definition) is 3. The summed E-state index contributed by atoms with van der Waals surface area (Å²) in [6.07, 6.45) is 1.25. The van der Waals surface area contributed by atoms with Crippen LogP contribution in [0.3, 0.4) is 0 Å². The summed E-state index contributed by atoms with van der Waals surface area (Å²) in [5.41, 5.74) is 18.0. The third kappa shape index (κ3) is 5.36. The summed E-state index contributed by atoms with van der Waals surface area (Å²) in [6.45, 7) is 1.58. The van der Waals surface area contributed by atoms with Gasteiger partial charge in [-0.1, -0.05) is 5.11 Å². The number of nitrogens with zero attached hydrogens (tertiary/aromatic N) is 3. The highest BCUT2D eigenvalue weighted by Gasteiger charge is 2.17. The Labute approximate surface area is 81.7 Å². The highest BCUT2D eigenvalue weighted by Crippen LogP contribution is 2.13. The van der Waals surface area contributed by atoms with E-state index in [0.29, 0.717) is 19.3 Å². The third-order valence-corrected chi connectivity index (χ3v) is 1.79. The first kappa shape index (κ1) is 12.7. The molecule has 0 saturated heterocycles. The van der Waals surface area contributed by atoms with Crippen LogP contribution in [-0.4, -0.2) is 22.8 Å². The zero-order valence-electron chi connectivity index (χ0n) is 8.05. The molecule has 0 radical (unpaired) electrons. The molecule has 0 fully saturated rings. The molecule has 0 bridgehead atoms. The van der Waals surface area contributed by atoms with Crippen LogP contribution >= 0.6 is 0 Å². The summed E-state index contributed by atoms with van der Waals surface area (Å²) in [4.78, 5) is 12.9. The van der Waals surface area contributed by atoms with Gasteiger partial charge in [0, 0.05) is 4.91 Å². The lowest BCUT2D eigenvalue weighted by Gasteiger charge is -2.17. The number of carboxylic acid groups (broad SMARTS) is 1. The molecular formula is C7H15N5O2. The van der Waals surface area contributed by atoms with E-state index in [-0.39, 0.29) is 0 Å². The van der Waals surface area contributed by atoms with Gasteiger partial charge in [-0.2, -0.15) is 0 Å². The van der Waals surface area contributed by atoms with E-state index in [1.165, 1.54) is 0 Å². The molecule has 7 nitrogen and oxygen atoms in total. The minimum Gasteiger partial charge on any atom is -0.480 e. The second-order valence-electron chi connectivity index (χ2n) is 3.38. The maximum atomic E-state index is 10.3.